The minimum absolute atomic E-state index is 0.860. The number of anilines is 3. The van der Waals surface area contributed by atoms with Crippen LogP contribution in [0.1, 0.15) is 37.7 Å². The minimum Gasteiger partial charge on any atom is -0.378 e. The van der Waals surface area contributed by atoms with Crippen LogP contribution >= 0.6 is 0 Å². The standard InChI is InChI=1S/C21H28N4/c1-4-13-24(14-5-1)15-6-7-16-25-20-11-3-2-9-18(20)17-23-19-10-8-12-22-21(19)25/h2-3,8-12,23H,1,4-7,13-17H2. The summed E-state index contributed by atoms with van der Waals surface area (Å²) in [4.78, 5) is 9.72. The summed E-state index contributed by atoms with van der Waals surface area (Å²) in [6, 6.07) is 12.8. The van der Waals surface area contributed by atoms with Crippen molar-refractivity contribution in [2.75, 3.05) is 36.4 Å². The van der Waals surface area contributed by atoms with Crippen molar-refractivity contribution in [3.05, 3.63) is 48.2 Å². The predicted molar refractivity (Wildman–Crippen MR) is 105 cm³/mol. The summed E-state index contributed by atoms with van der Waals surface area (Å²) >= 11 is 0. The number of pyridine rings is 1. The first-order valence-corrected chi connectivity index (χ1v) is 9.68. The Kier molecular flexibility index (Phi) is 5.17. The first kappa shape index (κ1) is 16.4. The van der Waals surface area contributed by atoms with Gasteiger partial charge in [-0.3, -0.25) is 0 Å². The monoisotopic (exact) mass is 336 g/mol. The molecular weight excluding hydrogens is 308 g/mol. The zero-order valence-corrected chi connectivity index (χ0v) is 15.0. The molecule has 0 aliphatic carbocycles. The maximum Gasteiger partial charge on any atom is 0.156 e. The fourth-order valence-electron chi connectivity index (χ4n) is 3.99. The molecular formula is C21H28N4. The Balaban J connectivity index is 1.46. The van der Waals surface area contributed by atoms with Crippen LogP contribution in [-0.4, -0.2) is 36.1 Å². The third-order valence-corrected chi connectivity index (χ3v) is 5.35. The fourth-order valence-corrected chi connectivity index (χ4v) is 3.99. The molecule has 132 valence electrons. The van der Waals surface area contributed by atoms with Crippen LogP contribution in [-0.2, 0) is 6.54 Å². The minimum atomic E-state index is 0.860. The van der Waals surface area contributed by atoms with E-state index in [9.17, 15) is 0 Å². The summed E-state index contributed by atoms with van der Waals surface area (Å²) in [7, 11) is 0. The van der Waals surface area contributed by atoms with Gasteiger partial charge in [-0.2, -0.15) is 0 Å². The molecule has 0 bridgehead atoms. The molecule has 1 N–H and O–H groups in total. The van der Waals surface area contributed by atoms with Crippen LogP contribution in [0, 0.1) is 0 Å². The van der Waals surface area contributed by atoms with E-state index in [1.807, 2.05) is 12.3 Å². The summed E-state index contributed by atoms with van der Waals surface area (Å²) < 4.78 is 0. The Morgan fingerprint density at radius 3 is 2.68 bits per heavy atom. The molecule has 4 heteroatoms. The molecule has 25 heavy (non-hydrogen) atoms. The summed E-state index contributed by atoms with van der Waals surface area (Å²) in [5, 5.41) is 3.54. The fraction of sp³-hybridized carbons (Fsp3) is 0.476. The number of nitrogens with zero attached hydrogens (tertiary/aromatic N) is 3. The highest BCUT2D eigenvalue weighted by atomic mass is 15.2. The average molecular weight is 336 g/mol. The van der Waals surface area contributed by atoms with Crippen LogP contribution in [0.15, 0.2) is 42.6 Å². The molecule has 0 atom stereocenters. The molecule has 0 amide bonds. The van der Waals surface area contributed by atoms with E-state index >= 15 is 0 Å². The van der Waals surface area contributed by atoms with E-state index in [4.69, 9.17) is 0 Å². The molecule has 1 aromatic carbocycles. The van der Waals surface area contributed by atoms with Crippen molar-refractivity contribution in [3.63, 3.8) is 0 Å². The van der Waals surface area contributed by atoms with Gasteiger partial charge in [0.1, 0.15) is 0 Å². The first-order valence-electron chi connectivity index (χ1n) is 9.68. The molecule has 1 aromatic heterocycles. The predicted octanol–water partition coefficient (Wildman–Crippen LogP) is 4.41. The van der Waals surface area contributed by atoms with Gasteiger partial charge >= 0.3 is 0 Å². The van der Waals surface area contributed by atoms with Gasteiger partial charge in [0.05, 0.1) is 5.69 Å². The van der Waals surface area contributed by atoms with Gasteiger partial charge in [0, 0.05) is 25.0 Å². The van der Waals surface area contributed by atoms with Crippen LogP contribution in [0.3, 0.4) is 0 Å². The number of rotatable bonds is 5. The van der Waals surface area contributed by atoms with E-state index in [2.05, 4.69) is 50.4 Å². The third-order valence-electron chi connectivity index (χ3n) is 5.35. The van der Waals surface area contributed by atoms with Crippen molar-refractivity contribution in [2.45, 2.75) is 38.6 Å². The van der Waals surface area contributed by atoms with Gasteiger partial charge in [-0.1, -0.05) is 24.6 Å². The number of para-hydroxylation sites is 1. The zero-order valence-electron chi connectivity index (χ0n) is 15.0. The number of fused-ring (bicyclic) bond motifs is 2. The molecule has 2 aliphatic heterocycles. The van der Waals surface area contributed by atoms with Gasteiger partial charge in [0.2, 0.25) is 0 Å². The van der Waals surface area contributed by atoms with Gasteiger partial charge in [-0.25, -0.2) is 4.98 Å². The maximum atomic E-state index is 4.68. The largest absolute Gasteiger partial charge is 0.378 e. The van der Waals surface area contributed by atoms with Crippen molar-refractivity contribution in [3.8, 4) is 0 Å². The first-order chi connectivity index (χ1) is 12.4. The molecule has 2 aliphatic rings. The summed E-state index contributed by atoms with van der Waals surface area (Å²) in [6.07, 6.45) is 8.52. The number of aromatic nitrogens is 1. The topological polar surface area (TPSA) is 31.4 Å². The second-order valence-corrected chi connectivity index (χ2v) is 7.12. The molecule has 1 saturated heterocycles. The van der Waals surface area contributed by atoms with Crippen LogP contribution in [0.5, 0.6) is 0 Å². The van der Waals surface area contributed by atoms with Crippen molar-refractivity contribution in [1.29, 1.82) is 0 Å². The third kappa shape index (κ3) is 3.79. The Labute approximate surface area is 150 Å². The average Bonchev–Trinajstić information content (AvgIpc) is 2.83. The molecule has 0 radical (unpaired) electrons. The van der Waals surface area contributed by atoms with Crippen molar-refractivity contribution in [1.82, 2.24) is 9.88 Å². The molecule has 4 nitrogen and oxygen atoms in total. The number of likely N-dealkylation sites (tertiary alicyclic amines) is 1. The van der Waals surface area contributed by atoms with Crippen LogP contribution < -0.4 is 10.2 Å². The van der Waals surface area contributed by atoms with E-state index in [0.29, 0.717) is 0 Å². The van der Waals surface area contributed by atoms with Gasteiger partial charge in [0.15, 0.2) is 5.82 Å². The van der Waals surface area contributed by atoms with Gasteiger partial charge in [0.25, 0.3) is 0 Å². The number of hydrogen-bond donors (Lipinski definition) is 1. The number of piperidine rings is 1. The number of nitrogens with one attached hydrogen (secondary N) is 1. The molecule has 3 heterocycles. The Hall–Kier alpha value is -2.07. The normalized spacial score (nSPS) is 17.4. The summed E-state index contributed by atoms with van der Waals surface area (Å²) in [6.45, 7) is 5.71. The highest BCUT2D eigenvalue weighted by Gasteiger charge is 2.20. The Morgan fingerprint density at radius 2 is 1.76 bits per heavy atom. The van der Waals surface area contributed by atoms with Crippen molar-refractivity contribution < 1.29 is 0 Å². The van der Waals surface area contributed by atoms with Gasteiger partial charge in [-0.05, 0) is 69.1 Å². The molecule has 2 aromatic rings. The van der Waals surface area contributed by atoms with E-state index in [1.54, 1.807) is 0 Å². The smallest absolute Gasteiger partial charge is 0.156 e. The van der Waals surface area contributed by atoms with Gasteiger partial charge in [-0.15, -0.1) is 0 Å². The Bertz CT molecular complexity index is 646. The lowest BCUT2D eigenvalue weighted by molar-refractivity contribution is 0.225. The van der Waals surface area contributed by atoms with Crippen LogP contribution in [0.25, 0.3) is 0 Å². The van der Waals surface area contributed by atoms with Crippen molar-refractivity contribution in [2.24, 2.45) is 0 Å². The maximum absolute atomic E-state index is 4.68. The number of hydrogen-bond acceptors (Lipinski definition) is 4. The SMILES string of the molecule is c1ccc2c(c1)CNc1cccnc1N2CCCCN1CCCCC1. The lowest BCUT2D eigenvalue weighted by Crippen LogP contribution is -2.31. The van der Waals surface area contributed by atoms with Crippen LogP contribution in [0.2, 0.25) is 0 Å². The molecule has 4 rings (SSSR count). The van der Waals surface area contributed by atoms with E-state index in [1.165, 1.54) is 63.0 Å². The second kappa shape index (κ2) is 7.87. The highest BCUT2D eigenvalue weighted by Crippen LogP contribution is 2.36. The van der Waals surface area contributed by atoms with Crippen LogP contribution in [0.4, 0.5) is 17.2 Å². The van der Waals surface area contributed by atoms with Gasteiger partial charge < -0.3 is 15.1 Å². The lowest BCUT2D eigenvalue weighted by atomic mass is 10.1. The molecule has 0 unspecified atom stereocenters. The quantitative estimate of drug-likeness (QED) is 0.820. The van der Waals surface area contributed by atoms with E-state index in [0.717, 1.165) is 24.6 Å². The molecule has 1 fully saturated rings. The van der Waals surface area contributed by atoms with Crippen molar-refractivity contribution >= 4 is 17.2 Å². The lowest BCUT2D eigenvalue weighted by Gasteiger charge is -2.28. The summed E-state index contributed by atoms with van der Waals surface area (Å²) in [5.74, 6) is 1.06. The van der Waals surface area contributed by atoms with E-state index < -0.39 is 0 Å². The van der Waals surface area contributed by atoms with E-state index in [-0.39, 0.29) is 0 Å². The highest BCUT2D eigenvalue weighted by molar-refractivity contribution is 5.76. The number of unbranched alkanes of at least 4 members (excludes halogenated alkanes) is 1. The molecule has 0 spiro atoms. The second-order valence-electron chi connectivity index (χ2n) is 7.12. The Morgan fingerprint density at radius 1 is 0.920 bits per heavy atom. The summed E-state index contributed by atoms with van der Waals surface area (Å²) in [5.41, 5.74) is 3.77. The zero-order chi connectivity index (χ0) is 16.9. The number of benzene rings is 1. The molecule has 0 saturated carbocycles.